The Morgan fingerprint density at radius 3 is 2.00 bits per heavy atom. The molecule has 8 heavy (non-hydrogen) atoms. The van der Waals surface area contributed by atoms with E-state index in [4.69, 9.17) is 5.11 Å². The summed E-state index contributed by atoms with van der Waals surface area (Å²) in [6.45, 7) is 0. The molecule has 0 aliphatic heterocycles. The first-order valence-corrected chi connectivity index (χ1v) is 2.63. The molecule has 0 aromatic heterocycles. The lowest BCUT2D eigenvalue weighted by Gasteiger charge is -2.00. The predicted octanol–water partition coefficient (Wildman–Crippen LogP) is -0.859. The van der Waals surface area contributed by atoms with Crippen LogP contribution >= 0.6 is 0 Å². The van der Waals surface area contributed by atoms with Crippen molar-refractivity contribution in [2.75, 3.05) is 0 Å². The third-order valence-corrected chi connectivity index (χ3v) is 0.520. The molecule has 0 spiro atoms. The van der Waals surface area contributed by atoms with Crippen LogP contribution in [0.1, 0.15) is 0 Å². The van der Waals surface area contributed by atoms with Crippen LogP contribution in [0.5, 0.6) is 0 Å². The summed E-state index contributed by atoms with van der Waals surface area (Å²) in [6, 6.07) is 0. The minimum Gasteiger partial charge on any atom is -0.716 e. The van der Waals surface area contributed by atoms with Crippen molar-refractivity contribution < 1.29 is 27.1 Å². The zero-order valence-electron chi connectivity index (χ0n) is 3.40. The van der Waals surface area contributed by atoms with Gasteiger partial charge in [0, 0.05) is 0 Å². The molecule has 0 aliphatic rings. The van der Waals surface area contributed by atoms with Gasteiger partial charge in [0.15, 0.2) is 0 Å². The Balaban J connectivity index is 3.95. The molecular formula is CHO6S-. The molecule has 0 bridgehead atoms. The molecule has 0 atom stereocenters. The molecule has 0 aromatic carbocycles. The van der Waals surface area contributed by atoms with Crippen LogP contribution in [0.4, 0.5) is 4.79 Å². The maximum absolute atomic E-state index is 9.28. The SMILES string of the molecule is O=C(O)OS(=O)(=O)[O-]. The Kier molecular flexibility index (Phi) is 1.77. The highest BCUT2D eigenvalue weighted by Crippen LogP contribution is 1.83. The summed E-state index contributed by atoms with van der Waals surface area (Å²) in [5.41, 5.74) is 0. The summed E-state index contributed by atoms with van der Waals surface area (Å²) in [5.74, 6) is 0. The van der Waals surface area contributed by atoms with Gasteiger partial charge in [-0.25, -0.2) is 13.2 Å². The highest BCUT2D eigenvalue weighted by Gasteiger charge is 1.99. The van der Waals surface area contributed by atoms with Gasteiger partial charge in [-0.1, -0.05) is 0 Å². The van der Waals surface area contributed by atoms with Crippen molar-refractivity contribution in [1.82, 2.24) is 0 Å². The molecule has 0 unspecified atom stereocenters. The van der Waals surface area contributed by atoms with Gasteiger partial charge < -0.3 is 13.8 Å². The third kappa shape index (κ3) is 5.18. The van der Waals surface area contributed by atoms with Crippen LogP contribution in [-0.2, 0) is 14.6 Å². The fraction of sp³-hybridized carbons (Fsp3) is 0. The van der Waals surface area contributed by atoms with Crippen molar-refractivity contribution in [3.8, 4) is 0 Å². The summed E-state index contributed by atoms with van der Waals surface area (Å²) in [5, 5.41) is 7.45. The molecule has 0 saturated heterocycles. The zero-order valence-corrected chi connectivity index (χ0v) is 4.21. The monoisotopic (exact) mass is 141 g/mol. The number of carboxylic acid groups (broad SMARTS) is 1. The van der Waals surface area contributed by atoms with Crippen LogP contribution in [-0.4, -0.2) is 24.2 Å². The minimum atomic E-state index is -5.07. The second-order valence-electron chi connectivity index (χ2n) is 0.757. The second kappa shape index (κ2) is 1.97. The van der Waals surface area contributed by atoms with E-state index in [9.17, 15) is 17.8 Å². The highest BCUT2D eigenvalue weighted by molar-refractivity contribution is 7.81. The number of carbonyl (C=O) groups is 1. The van der Waals surface area contributed by atoms with Gasteiger partial charge in [0.05, 0.1) is 0 Å². The molecular weight excluding hydrogens is 140 g/mol. The summed E-state index contributed by atoms with van der Waals surface area (Å²) in [7, 11) is -5.07. The van der Waals surface area contributed by atoms with Gasteiger partial charge in [-0.2, -0.15) is 0 Å². The first kappa shape index (κ1) is 7.18. The Labute approximate surface area is 44.6 Å². The lowest BCUT2D eigenvalue weighted by atomic mass is 11.5. The van der Waals surface area contributed by atoms with Crippen LogP contribution in [0, 0.1) is 0 Å². The van der Waals surface area contributed by atoms with Crippen molar-refractivity contribution >= 4 is 16.6 Å². The smallest absolute Gasteiger partial charge is 0.521 e. The van der Waals surface area contributed by atoms with Crippen LogP contribution in [0.3, 0.4) is 0 Å². The van der Waals surface area contributed by atoms with Gasteiger partial charge in [-0.15, -0.1) is 0 Å². The Morgan fingerprint density at radius 2 is 2.00 bits per heavy atom. The van der Waals surface area contributed by atoms with E-state index in [0.29, 0.717) is 0 Å². The largest absolute Gasteiger partial charge is 0.716 e. The Bertz CT molecular complexity index is 175. The summed E-state index contributed by atoms with van der Waals surface area (Å²) < 4.78 is 30.6. The third-order valence-electron chi connectivity index (χ3n) is 0.173. The summed E-state index contributed by atoms with van der Waals surface area (Å²) >= 11 is 0. The average Bonchev–Trinajstić information content (AvgIpc) is 1.21. The van der Waals surface area contributed by atoms with E-state index in [2.05, 4.69) is 4.18 Å². The molecule has 0 fully saturated rings. The summed E-state index contributed by atoms with van der Waals surface area (Å²) in [6.07, 6.45) is -2.12. The van der Waals surface area contributed by atoms with Crippen molar-refractivity contribution in [3.63, 3.8) is 0 Å². The molecule has 0 heterocycles. The molecule has 1 N–H and O–H groups in total. The van der Waals surface area contributed by atoms with Crippen LogP contribution in [0.15, 0.2) is 0 Å². The summed E-state index contributed by atoms with van der Waals surface area (Å²) in [4.78, 5) is 9.21. The molecule has 0 saturated carbocycles. The van der Waals surface area contributed by atoms with E-state index in [1.165, 1.54) is 0 Å². The van der Waals surface area contributed by atoms with E-state index in [1.807, 2.05) is 0 Å². The fourth-order valence-electron chi connectivity index (χ4n) is 0.0873. The molecule has 6 nitrogen and oxygen atoms in total. The molecule has 0 rings (SSSR count). The van der Waals surface area contributed by atoms with Crippen LogP contribution in [0.2, 0.25) is 0 Å². The van der Waals surface area contributed by atoms with E-state index in [1.54, 1.807) is 0 Å². The van der Waals surface area contributed by atoms with Crippen LogP contribution in [0.25, 0.3) is 0 Å². The minimum absolute atomic E-state index is 2.12. The molecule has 0 aliphatic carbocycles. The molecule has 0 aromatic rings. The number of hydrogen-bond acceptors (Lipinski definition) is 5. The standard InChI is InChI=1S/CH2O6S/c2-1(3)7-8(4,5)6/h(H,2,3)(H,4,5,6)/p-1. The normalized spacial score (nSPS) is 10.6. The lowest BCUT2D eigenvalue weighted by molar-refractivity contribution is 0.140. The van der Waals surface area contributed by atoms with E-state index >= 15 is 0 Å². The van der Waals surface area contributed by atoms with Gasteiger partial charge in [0.25, 0.3) is 10.4 Å². The maximum atomic E-state index is 9.28. The van der Waals surface area contributed by atoms with E-state index < -0.39 is 16.6 Å². The van der Waals surface area contributed by atoms with Crippen LogP contribution < -0.4 is 0 Å². The second-order valence-corrected chi connectivity index (χ2v) is 1.74. The first-order chi connectivity index (χ1) is 3.42. The average molecular weight is 141 g/mol. The highest BCUT2D eigenvalue weighted by atomic mass is 32.3. The van der Waals surface area contributed by atoms with Crippen molar-refractivity contribution in [1.29, 1.82) is 0 Å². The molecule has 0 amide bonds. The zero-order chi connectivity index (χ0) is 6.78. The number of rotatable bonds is 1. The van der Waals surface area contributed by atoms with E-state index in [-0.39, 0.29) is 0 Å². The Morgan fingerprint density at radius 1 is 1.62 bits per heavy atom. The van der Waals surface area contributed by atoms with Gasteiger partial charge in [-0.3, -0.25) is 0 Å². The fourth-order valence-corrected chi connectivity index (χ4v) is 0.262. The van der Waals surface area contributed by atoms with Crippen molar-refractivity contribution in [3.05, 3.63) is 0 Å². The van der Waals surface area contributed by atoms with Gasteiger partial charge in [0.2, 0.25) is 0 Å². The van der Waals surface area contributed by atoms with Gasteiger partial charge in [0.1, 0.15) is 0 Å². The first-order valence-electron chi connectivity index (χ1n) is 1.30. The van der Waals surface area contributed by atoms with Gasteiger partial charge >= 0.3 is 6.16 Å². The maximum Gasteiger partial charge on any atom is 0.521 e. The Hall–Kier alpha value is -0.820. The molecule has 7 heteroatoms. The molecule has 48 valence electrons. The predicted molar refractivity (Wildman–Crippen MR) is 18.8 cm³/mol. The number of hydrogen-bond donors (Lipinski definition) is 1. The molecule has 0 radical (unpaired) electrons. The topological polar surface area (TPSA) is 104 Å². The van der Waals surface area contributed by atoms with Gasteiger partial charge in [-0.05, 0) is 0 Å². The lowest BCUT2D eigenvalue weighted by Crippen LogP contribution is -2.08. The quantitative estimate of drug-likeness (QED) is 0.376. The van der Waals surface area contributed by atoms with Crippen molar-refractivity contribution in [2.45, 2.75) is 0 Å². The van der Waals surface area contributed by atoms with Crippen molar-refractivity contribution in [2.24, 2.45) is 0 Å². The van der Waals surface area contributed by atoms with E-state index in [0.717, 1.165) is 0 Å².